The molecule has 0 aromatic carbocycles. The Morgan fingerprint density at radius 3 is 2.93 bits per heavy atom. The Bertz CT molecular complexity index is 251. The van der Waals surface area contributed by atoms with Crippen LogP contribution in [0.25, 0.3) is 0 Å². The first-order valence-corrected chi connectivity index (χ1v) is 5.91. The molecule has 0 spiro atoms. The lowest BCUT2D eigenvalue weighted by molar-refractivity contribution is -0.141. The van der Waals surface area contributed by atoms with Gasteiger partial charge in [0.05, 0.1) is 6.54 Å². The SMILES string of the molecule is CN(CC1CCC(=O)O1)C(=O)B(Cl)I. The monoisotopic (exact) mass is 329 g/mol. The van der Waals surface area contributed by atoms with Gasteiger partial charge in [-0.3, -0.25) is 9.59 Å². The average molecular weight is 329 g/mol. The van der Waals surface area contributed by atoms with E-state index in [1.54, 1.807) is 7.05 Å². The zero-order valence-electron chi connectivity index (χ0n) is 7.70. The maximum atomic E-state index is 11.4. The van der Waals surface area contributed by atoms with Crippen molar-refractivity contribution in [2.24, 2.45) is 0 Å². The van der Waals surface area contributed by atoms with Gasteiger partial charge in [0.15, 0.2) is 0 Å². The summed E-state index contributed by atoms with van der Waals surface area (Å²) in [5, 5.41) is 0. The predicted molar refractivity (Wildman–Crippen MR) is 62.8 cm³/mol. The first kappa shape index (κ1) is 12.1. The molecule has 78 valence electrons. The molecule has 1 rings (SSSR count). The molecule has 0 aromatic rings. The summed E-state index contributed by atoms with van der Waals surface area (Å²) in [6.07, 6.45) is 0.967. The second kappa shape index (κ2) is 5.20. The summed E-state index contributed by atoms with van der Waals surface area (Å²) in [6, 6.07) is 0. The van der Waals surface area contributed by atoms with E-state index < -0.39 is 3.98 Å². The number of esters is 1. The lowest BCUT2D eigenvalue weighted by atomic mass is 10.1. The van der Waals surface area contributed by atoms with Crippen molar-refractivity contribution < 1.29 is 14.3 Å². The van der Waals surface area contributed by atoms with Crippen molar-refractivity contribution >= 4 is 49.6 Å². The quantitative estimate of drug-likeness (QED) is 0.448. The number of hydrogen-bond acceptors (Lipinski definition) is 3. The number of amides is 1. The van der Waals surface area contributed by atoms with E-state index in [0.717, 1.165) is 0 Å². The summed E-state index contributed by atoms with van der Waals surface area (Å²) in [5.41, 5.74) is 0. The third-order valence-electron chi connectivity index (χ3n) is 2.01. The molecule has 4 nitrogen and oxygen atoms in total. The molecule has 1 aliphatic rings. The number of hydrogen-bond donors (Lipinski definition) is 0. The fraction of sp³-hybridized carbons (Fsp3) is 0.714. The molecule has 0 saturated carbocycles. The smallest absolute Gasteiger partial charge is 0.420 e. The lowest BCUT2D eigenvalue weighted by Crippen LogP contribution is -2.37. The average Bonchev–Trinajstić information content (AvgIpc) is 2.49. The Morgan fingerprint density at radius 2 is 2.50 bits per heavy atom. The molecule has 0 aromatic heterocycles. The van der Waals surface area contributed by atoms with Crippen LogP contribution in [-0.2, 0) is 9.53 Å². The minimum Gasteiger partial charge on any atom is -0.460 e. The van der Waals surface area contributed by atoms with Crippen LogP contribution >= 0.6 is 33.8 Å². The number of likely N-dealkylation sites (N-methyl/N-ethyl adjacent to an activating group) is 1. The van der Waals surface area contributed by atoms with Gasteiger partial charge >= 0.3 is 9.95 Å². The van der Waals surface area contributed by atoms with Gasteiger partial charge in [0.25, 0.3) is 0 Å². The van der Waals surface area contributed by atoms with E-state index in [0.29, 0.717) is 19.4 Å². The van der Waals surface area contributed by atoms with Crippen molar-refractivity contribution in [1.82, 2.24) is 4.90 Å². The Labute approximate surface area is 101 Å². The molecule has 0 N–H and O–H groups in total. The summed E-state index contributed by atoms with van der Waals surface area (Å²) in [7, 11) is 1.66. The van der Waals surface area contributed by atoms with Crippen LogP contribution < -0.4 is 0 Å². The molecule has 1 heterocycles. The molecule has 1 aliphatic heterocycles. The number of cyclic esters (lactones) is 1. The second-order valence-electron chi connectivity index (χ2n) is 3.17. The minimum atomic E-state index is -0.560. The Morgan fingerprint density at radius 1 is 1.86 bits per heavy atom. The minimum absolute atomic E-state index is 0.157. The number of nitrogens with zero attached hydrogens (tertiary/aromatic N) is 1. The van der Waals surface area contributed by atoms with Gasteiger partial charge in [-0.15, -0.1) is 22.4 Å². The third kappa shape index (κ3) is 3.31. The van der Waals surface area contributed by atoms with Gasteiger partial charge in [0.2, 0.25) is 5.81 Å². The van der Waals surface area contributed by atoms with Crippen LogP contribution in [0.3, 0.4) is 0 Å². The van der Waals surface area contributed by atoms with Crippen molar-refractivity contribution in [3.63, 3.8) is 0 Å². The predicted octanol–water partition coefficient (Wildman–Crippen LogP) is 1.49. The Hall–Kier alpha value is 0.0249. The number of carbonyl (C=O) groups excluding carboxylic acids is 2. The molecule has 0 bridgehead atoms. The van der Waals surface area contributed by atoms with Gasteiger partial charge in [-0.05, 0) is 6.42 Å². The third-order valence-corrected chi connectivity index (χ3v) is 2.73. The largest absolute Gasteiger partial charge is 0.460 e. The fourth-order valence-corrected chi connectivity index (χ4v) is 1.92. The van der Waals surface area contributed by atoms with E-state index in [2.05, 4.69) is 0 Å². The molecule has 1 fully saturated rings. The van der Waals surface area contributed by atoms with Gasteiger partial charge in [0, 0.05) is 13.5 Å². The zero-order chi connectivity index (χ0) is 10.7. The molecule has 1 saturated heterocycles. The van der Waals surface area contributed by atoms with Crippen LogP contribution in [0.2, 0.25) is 0 Å². The highest BCUT2D eigenvalue weighted by atomic mass is 127. The standard InChI is InChI=1S/C7H10BClINO3/c1-11(7(13)8(9)10)4-5-2-3-6(12)14-5/h5H,2-4H2,1H3. The van der Waals surface area contributed by atoms with Crippen LogP contribution in [0.4, 0.5) is 4.79 Å². The number of carbonyl (C=O) groups is 2. The molecular formula is C7H10BClINO3. The highest BCUT2D eigenvalue weighted by molar-refractivity contribution is 14.1. The van der Waals surface area contributed by atoms with E-state index in [-0.39, 0.29) is 17.9 Å². The zero-order valence-corrected chi connectivity index (χ0v) is 10.6. The number of halogens is 2. The molecule has 14 heavy (non-hydrogen) atoms. The number of ether oxygens (including phenoxy) is 1. The van der Waals surface area contributed by atoms with Gasteiger partial charge in [-0.25, -0.2) is 0 Å². The summed E-state index contributed by atoms with van der Waals surface area (Å²) in [4.78, 5) is 23.6. The fourth-order valence-electron chi connectivity index (χ4n) is 1.27. The molecule has 0 radical (unpaired) electrons. The number of rotatable bonds is 3. The lowest BCUT2D eigenvalue weighted by Gasteiger charge is -2.20. The maximum Gasteiger partial charge on any atom is 0.420 e. The summed E-state index contributed by atoms with van der Waals surface area (Å²) >= 11 is 7.47. The van der Waals surface area contributed by atoms with Gasteiger partial charge in [0.1, 0.15) is 6.10 Å². The van der Waals surface area contributed by atoms with Crippen LogP contribution in [0.5, 0.6) is 0 Å². The van der Waals surface area contributed by atoms with Crippen molar-refractivity contribution in [2.75, 3.05) is 13.6 Å². The summed E-state index contributed by atoms with van der Waals surface area (Å²) in [6.45, 7) is 0.427. The Balaban J connectivity index is 2.37. The maximum absolute atomic E-state index is 11.4. The first-order chi connectivity index (χ1) is 6.50. The van der Waals surface area contributed by atoms with Crippen molar-refractivity contribution in [1.29, 1.82) is 0 Å². The van der Waals surface area contributed by atoms with Crippen LogP contribution in [0, 0.1) is 0 Å². The van der Waals surface area contributed by atoms with Crippen LogP contribution in [0.1, 0.15) is 12.8 Å². The first-order valence-electron chi connectivity index (χ1n) is 4.23. The van der Waals surface area contributed by atoms with Crippen molar-refractivity contribution in [3.05, 3.63) is 0 Å². The van der Waals surface area contributed by atoms with Crippen molar-refractivity contribution in [3.8, 4) is 0 Å². The van der Waals surface area contributed by atoms with Crippen LogP contribution in [0.15, 0.2) is 0 Å². The summed E-state index contributed by atoms with van der Waals surface area (Å²) < 4.78 is 4.42. The van der Waals surface area contributed by atoms with Gasteiger partial charge < -0.3 is 9.64 Å². The summed E-state index contributed by atoms with van der Waals surface area (Å²) in [5.74, 6) is -0.344. The van der Waals surface area contributed by atoms with E-state index in [1.165, 1.54) is 4.90 Å². The highest BCUT2D eigenvalue weighted by Crippen LogP contribution is 2.15. The molecule has 7 heteroatoms. The molecular weight excluding hydrogens is 319 g/mol. The normalized spacial score (nSPS) is 20.5. The molecule has 1 unspecified atom stereocenters. The van der Waals surface area contributed by atoms with E-state index in [4.69, 9.17) is 16.2 Å². The van der Waals surface area contributed by atoms with E-state index >= 15 is 0 Å². The molecule has 1 atom stereocenters. The molecule has 1 amide bonds. The van der Waals surface area contributed by atoms with Crippen LogP contribution in [-0.4, -0.2) is 40.4 Å². The van der Waals surface area contributed by atoms with Gasteiger partial charge in [-0.1, -0.05) is 0 Å². The second-order valence-corrected chi connectivity index (χ2v) is 5.59. The van der Waals surface area contributed by atoms with E-state index in [1.807, 2.05) is 22.4 Å². The van der Waals surface area contributed by atoms with Gasteiger partial charge in [-0.2, -0.15) is 11.5 Å². The topological polar surface area (TPSA) is 46.6 Å². The van der Waals surface area contributed by atoms with E-state index in [9.17, 15) is 9.59 Å². The van der Waals surface area contributed by atoms with Crippen molar-refractivity contribution in [2.45, 2.75) is 18.9 Å². The molecule has 0 aliphatic carbocycles. The Kier molecular flexibility index (Phi) is 4.50. The highest BCUT2D eigenvalue weighted by Gasteiger charge is 2.28.